The Morgan fingerprint density at radius 1 is 1.03 bits per heavy atom. The lowest BCUT2D eigenvalue weighted by atomic mass is 10.1. The van der Waals surface area contributed by atoms with Gasteiger partial charge in [-0.1, -0.05) is 35.3 Å². The molecule has 2 aromatic carbocycles. The van der Waals surface area contributed by atoms with Gasteiger partial charge in [0.1, 0.15) is 5.82 Å². The number of pyridine rings is 1. The summed E-state index contributed by atoms with van der Waals surface area (Å²) in [6, 6.07) is 11.2. The molecule has 4 rings (SSSR count). The van der Waals surface area contributed by atoms with E-state index in [0.717, 1.165) is 12.1 Å². The average molecular weight is 438 g/mol. The Labute approximate surface area is 172 Å². The SMILES string of the molecule is O=c1ccc(-c2nc3cc(Cl)c(Cl)cc3n2Cc2cccc(C(F)(F)F)c2)c[nH]1. The highest BCUT2D eigenvalue weighted by atomic mass is 35.5. The van der Waals surface area contributed by atoms with E-state index in [1.165, 1.54) is 18.3 Å². The number of imidazole rings is 1. The molecule has 0 aliphatic heterocycles. The molecular formula is C20H12Cl2F3N3O. The number of aromatic amines is 1. The minimum atomic E-state index is -4.44. The summed E-state index contributed by atoms with van der Waals surface area (Å²) in [5.74, 6) is 0.465. The fourth-order valence-corrected chi connectivity index (χ4v) is 3.39. The van der Waals surface area contributed by atoms with Gasteiger partial charge in [-0.3, -0.25) is 4.79 Å². The first-order valence-corrected chi connectivity index (χ1v) is 9.18. The predicted octanol–water partition coefficient (Wildman–Crippen LogP) is 5.77. The zero-order valence-electron chi connectivity index (χ0n) is 14.6. The van der Waals surface area contributed by atoms with Crippen LogP contribution in [-0.4, -0.2) is 14.5 Å². The van der Waals surface area contributed by atoms with E-state index in [0.29, 0.717) is 38.0 Å². The number of halogens is 5. The van der Waals surface area contributed by atoms with Crippen molar-refractivity contribution in [3.8, 4) is 11.4 Å². The summed E-state index contributed by atoms with van der Waals surface area (Å²) in [7, 11) is 0. The van der Waals surface area contributed by atoms with Crippen molar-refractivity contribution in [2.75, 3.05) is 0 Å². The molecule has 0 spiro atoms. The number of nitrogens with zero attached hydrogens (tertiary/aromatic N) is 2. The van der Waals surface area contributed by atoms with Crippen LogP contribution in [0.15, 0.2) is 59.5 Å². The lowest BCUT2D eigenvalue weighted by Crippen LogP contribution is -2.08. The fraction of sp³-hybridized carbons (Fsp3) is 0.100. The van der Waals surface area contributed by atoms with Crippen molar-refractivity contribution in [1.82, 2.24) is 14.5 Å². The van der Waals surface area contributed by atoms with Crippen LogP contribution in [0.1, 0.15) is 11.1 Å². The van der Waals surface area contributed by atoms with Crippen molar-refractivity contribution in [1.29, 1.82) is 0 Å². The molecule has 29 heavy (non-hydrogen) atoms. The Hall–Kier alpha value is -2.77. The summed E-state index contributed by atoms with van der Waals surface area (Å²) >= 11 is 12.2. The molecule has 2 aromatic heterocycles. The summed E-state index contributed by atoms with van der Waals surface area (Å²) in [6.07, 6.45) is -2.94. The first-order valence-electron chi connectivity index (χ1n) is 8.43. The van der Waals surface area contributed by atoms with E-state index in [4.69, 9.17) is 23.2 Å². The van der Waals surface area contributed by atoms with Crippen molar-refractivity contribution in [2.45, 2.75) is 12.7 Å². The Balaban J connectivity index is 1.90. The number of benzene rings is 2. The Kier molecular flexibility index (Phi) is 4.88. The first kappa shape index (κ1) is 19.5. The maximum Gasteiger partial charge on any atom is 0.416 e. The largest absolute Gasteiger partial charge is 0.416 e. The minimum Gasteiger partial charge on any atom is -0.328 e. The van der Waals surface area contributed by atoms with Crippen LogP contribution < -0.4 is 5.56 Å². The van der Waals surface area contributed by atoms with Gasteiger partial charge in [0.25, 0.3) is 0 Å². The Morgan fingerprint density at radius 3 is 2.48 bits per heavy atom. The van der Waals surface area contributed by atoms with Crippen molar-refractivity contribution in [2.24, 2.45) is 0 Å². The third-order valence-corrected chi connectivity index (χ3v) is 5.15. The Morgan fingerprint density at radius 2 is 1.79 bits per heavy atom. The zero-order valence-corrected chi connectivity index (χ0v) is 16.1. The fourth-order valence-electron chi connectivity index (χ4n) is 3.08. The molecule has 2 heterocycles. The molecule has 0 saturated heterocycles. The van der Waals surface area contributed by atoms with Crippen molar-refractivity contribution in [3.63, 3.8) is 0 Å². The number of nitrogens with one attached hydrogen (secondary N) is 1. The molecule has 0 fully saturated rings. The van der Waals surface area contributed by atoms with E-state index in [-0.39, 0.29) is 12.1 Å². The summed E-state index contributed by atoms with van der Waals surface area (Å²) in [4.78, 5) is 18.5. The van der Waals surface area contributed by atoms with Crippen LogP contribution >= 0.6 is 23.2 Å². The van der Waals surface area contributed by atoms with Gasteiger partial charge >= 0.3 is 6.18 Å². The smallest absolute Gasteiger partial charge is 0.328 e. The quantitative estimate of drug-likeness (QED) is 0.442. The molecule has 0 aliphatic carbocycles. The van der Waals surface area contributed by atoms with Crippen LogP contribution in [-0.2, 0) is 12.7 Å². The maximum absolute atomic E-state index is 13.1. The van der Waals surface area contributed by atoms with Gasteiger partial charge < -0.3 is 9.55 Å². The summed E-state index contributed by atoms with van der Waals surface area (Å²) < 4.78 is 41.0. The number of fused-ring (bicyclic) bond motifs is 1. The second-order valence-corrected chi connectivity index (χ2v) is 7.23. The van der Waals surface area contributed by atoms with Crippen LogP contribution in [0.2, 0.25) is 10.0 Å². The Bertz CT molecular complexity index is 1260. The molecule has 1 N–H and O–H groups in total. The number of H-pyrrole nitrogens is 1. The molecule has 0 radical (unpaired) electrons. The maximum atomic E-state index is 13.1. The summed E-state index contributed by atoms with van der Waals surface area (Å²) in [5, 5.41) is 0.619. The first-order chi connectivity index (χ1) is 13.7. The molecule has 0 amide bonds. The van der Waals surface area contributed by atoms with Gasteiger partial charge in [0.15, 0.2) is 0 Å². The highest BCUT2D eigenvalue weighted by Gasteiger charge is 2.30. The predicted molar refractivity (Wildman–Crippen MR) is 106 cm³/mol. The van der Waals surface area contributed by atoms with Gasteiger partial charge in [0.05, 0.1) is 26.6 Å². The molecule has 148 valence electrons. The third-order valence-electron chi connectivity index (χ3n) is 4.43. The van der Waals surface area contributed by atoms with E-state index in [1.54, 1.807) is 28.8 Å². The highest BCUT2D eigenvalue weighted by molar-refractivity contribution is 6.42. The van der Waals surface area contributed by atoms with Crippen LogP contribution in [0.4, 0.5) is 13.2 Å². The van der Waals surface area contributed by atoms with Crippen molar-refractivity contribution < 1.29 is 13.2 Å². The van der Waals surface area contributed by atoms with Crippen molar-refractivity contribution in [3.05, 3.63) is 86.3 Å². The second kappa shape index (κ2) is 7.24. The van der Waals surface area contributed by atoms with Crippen molar-refractivity contribution >= 4 is 34.2 Å². The van der Waals surface area contributed by atoms with E-state index in [1.807, 2.05) is 0 Å². The minimum absolute atomic E-state index is 0.118. The van der Waals surface area contributed by atoms with Crippen LogP contribution in [0.5, 0.6) is 0 Å². The normalized spacial score (nSPS) is 11.9. The van der Waals surface area contributed by atoms with E-state index in [9.17, 15) is 18.0 Å². The van der Waals surface area contributed by atoms with Gasteiger partial charge in [-0.15, -0.1) is 0 Å². The third kappa shape index (κ3) is 3.88. The van der Waals surface area contributed by atoms with Gasteiger partial charge in [0, 0.05) is 24.4 Å². The molecule has 0 bridgehead atoms. The molecule has 9 heteroatoms. The molecule has 4 nitrogen and oxygen atoms in total. The summed E-state index contributed by atoms with van der Waals surface area (Å²) in [5.41, 5.74) is 1.17. The molecule has 0 saturated carbocycles. The highest BCUT2D eigenvalue weighted by Crippen LogP contribution is 2.33. The molecule has 0 atom stereocenters. The van der Waals surface area contributed by atoms with Gasteiger partial charge in [0.2, 0.25) is 5.56 Å². The average Bonchev–Trinajstić information content (AvgIpc) is 3.00. The van der Waals surface area contributed by atoms with Crippen LogP contribution in [0, 0.1) is 0 Å². The van der Waals surface area contributed by atoms with E-state index in [2.05, 4.69) is 9.97 Å². The zero-order chi connectivity index (χ0) is 20.8. The number of alkyl halides is 3. The van der Waals surface area contributed by atoms with Gasteiger partial charge in [-0.2, -0.15) is 13.2 Å². The lowest BCUT2D eigenvalue weighted by molar-refractivity contribution is -0.137. The molecule has 0 unspecified atom stereocenters. The molecule has 4 aromatic rings. The van der Waals surface area contributed by atoms with E-state index >= 15 is 0 Å². The topological polar surface area (TPSA) is 50.7 Å². The van der Waals surface area contributed by atoms with Gasteiger partial charge in [-0.25, -0.2) is 4.98 Å². The number of hydrogen-bond donors (Lipinski definition) is 1. The van der Waals surface area contributed by atoms with Crippen LogP contribution in [0.3, 0.4) is 0 Å². The number of rotatable bonds is 3. The lowest BCUT2D eigenvalue weighted by Gasteiger charge is -2.12. The number of aromatic nitrogens is 3. The standard InChI is InChI=1S/C20H12Cl2F3N3O/c21-14-7-16-17(8-15(14)22)28(19(27-16)12-4-5-18(29)26-9-12)10-11-2-1-3-13(6-11)20(23,24)25/h1-9H,10H2,(H,26,29). The summed E-state index contributed by atoms with van der Waals surface area (Å²) in [6.45, 7) is 0.118. The molecular weight excluding hydrogens is 426 g/mol. The number of hydrogen-bond acceptors (Lipinski definition) is 2. The monoisotopic (exact) mass is 437 g/mol. The van der Waals surface area contributed by atoms with E-state index < -0.39 is 11.7 Å². The van der Waals surface area contributed by atoms with Gasteiger partial charge in [-0.05, 0) is 35.9 Å². The second-order valence-electron chi connectivity index (χ2n) is 6.42. The van der Waals surface area contributed by atoms with Crippen LogP contribution in [0.25, 0.3) is 22.4 Å². The molecule has 0 aliphatic rings.